The summed E-state index contributed by atoms with van der Waals surface area (Å²) in [6.45, 7) is 1.86. The Kier molecular flexibility index (Phi) is 6.11. The molecule has 0 saturated heterocycles. The average Bonchev–Trinajstić information content (AvgIpc) is 3.60. The molecule has 0 amide bonds. The van der Waals surface area contributed by atoms with Gasteiger partial charge in [-0.15, -0.1) is 10.2 Å². The van der Waals surface area contributed by atoms with Gasteiger partial charge in [0.15, 0.2) is 11.0 Å². The van der Waals surface area contributed by atoms with Gasteiger partial charge in [-0.3, -0.25) is 4.57 Å². The van der Waals surface area contributed by atoms with Crippen LogP contribution in [0.25, 0.3) is 33.7 Å². The number of rotatable bonds is 7. The predicted octanol–water partition coefficient (Wildman–Crippen LogP) is 4.95. The topological polar surface area (TPSA) is 119 Å². The number of para-hydroxylation sites is 3. The van der Waals surface area contributed by atoms with Crippen molar-refractivity contribution in [2.75, 3.05) is 12.9 Å². The first-order valence-electron chi connectivity index (χ1n) is 10.7. The van der Waals surface area contributed by atoms with E-state index >= 15 is 0 Å². The second-order valence-electron chi connectivity index (χ2n) is 7.57. The minimum Gasteiger partial charge on any atom is -0.510 e. The van der Waals surface area contributed by atoms with Crippen molar-refractivity contribution < 1.29 is 19.1 Å². The molecule has 35 heavy (non-hydrogen) atoms. The van der Waals surface area contributed by atoms with Gasteiger partial charge in [0.1, 0.15) is 22.9 Å². The van der Waals surface area contributed by atoms with E-state index < -0.39 is 5.97 Å². The Hall–Kier alpha value is -4.31. The zero-order chi connectivity index (χ0) is 24.4. The van der Waals surface area contributed by atoms with Gasteiger partial charge in [-0.1, -0.05) is 42.1 Å². The minimum absolute atomic E-state index is 0.0344. The van der Waals surface area contributed by atoms with Crippen LogP contribution in [0.1, 0.15) is 11.6 Å². The smallest absolute Gasteiger partial charge is 0.345 e. The number of aliphatic hydroxyl groups is 1. The molecule has 0 aliphatic rings. The van der Waals surface area contributed by atoms with Crippen molar-refractivity contribution in [2.45, 2.75) is 12.1 Å². The number of hydrogen-bond donors (Lipinski definition) is 2. The number of aliphatic hydroxyl groups excluding tert-OH is 1. The van der Waals surface area contributed by atoms with Crippen molar-refractivity contribution in [1.29, 1.82) is 0 Å². The van der Waals surface area contributed by atoms with Gasteiger partial charge in [0, 0.05) is 5.69 Å². The van der Waals surface area contributed by atoms with E-state index in [2.05, 4.69) is 20.2 Å². The van der Waals surface area contributed by atoms with Crippen molar-refractivity contribution >= 4 is 34.3 Å². The second-order valence-corrected chi connectivity index (χ2v) is 8.51. The Morgan fingerprint density at radius 2 is 1.89 bits per heavy atom. The molecule has 3 heterocycles. The third-order valence-electron chi connectivity index (χ3n) is 5.39. The van der Waals surface area contributed by atoms with E-state index in [1.54, 1.807) is 6.26 Å². The van der Waals surface area contributed by atoms with E-state index in [0.717, 1.165) is 16.8 Å². The Morgan fingerprint density at radius 3 is 2.60 bits per heavy atom. The number of benzene rings is 2. The van der Waals surface area contributed by atoms with Crippen LogP contribution in [0.2, 0.25) is 0 Å². The van der Waals surface area contributed by atoms with Crippen molar-refractivity contribution in [2.24, 2.45) is 0 Å². The number of nitrogens with zero attached hydrogens (tertiary/aromatic N) is 4. The molecule has 0 aliphatic heterocycles. The zero-order valence-electron chi connectivity index (χ0n) is 18.9. The highest BCUT2D eigenvalue weighted by atomic mass is 32.2. The maximum Gasteiger partial charge on any atom is 0.345 e. The average molecular weight is 488 g/mol. The first-order chi connectivity index (χ1) is 17.1. The molecule has 2 aromatic carbocycles. The highest BCUT2D eigenvalue weighted by Gasteiger charge is 2.24. The van der Waals surface area contributed by atoms with Crippen LogP contribution in [0.5, 0.6) is 0 Å². The van der Waals surface area contributed by atoms with Crippen molar-refractivity contribution in [3.05, 3.63) is 84.3 Å². The van der Waals surface area contributed by atoms with Gasteiger partial charge in [-0.25, -0.2) is 9.78 Å². The van der Waals surface area contributed by atoms with Gasteiger partial charge >= 0.3 is 5.97 Å². The number of methoxy groups -OCH3 is 1. The number of imidazole rings is 1. The molecule has 5 aromatic rings. The number of ether oxygens (including phenoxy) is 1. The molecule has 0 radical (unpaired) electrons. The second kappa shape index (κ2) is 9.51. The maximum atomic E-state index is 12.6. The molecule has 10 heteroatoms. The first kappa shape index (κ1) is 22.5. The summed E-state index contributed by atoms with van der Waals surface area (Å²) in [7, 11) is 1.26. The number of aromatic nitrogens is 5. The number of furan rings is 1. The van der Waals surface area contributed by atoms with E-state index in [1.807, 2.05) is 72.2 Å². The molecule has 0 atom stereocenters. The predicted molar refractivity (Wildman–Crippen MR) is 132 cm³/mol. The highest BCUT2D eigenvalue weighted by Crippen LogP contribution is 2.31. The van der Waals surface area contributed by atoms with Crippen LogP contribution in [0.4, 0.5) is 0 Å². The first-order valence-corrected chi connectivity index (χ1v) is 11.7. The SMILES string of the molecule is COC(=O)/C(=C(/O)CSc1nnc(-c2ccoc2C)n1-c1ccccc1)c1nc2ccccc2[nH]1. The van der Waals surface area contributed by atoms with Gasteiger partial charge in [-0.05, 0) is 37.3 Å². The molecule has 9 nitrogen and oxygen atoms in total. The van der Waals surface area contributed by atoms with Crippen LogP contribution in [0, 0.1) is 6.92 Å². The van der Waals surface area contributed by atoms with Gasteiger partial charge in [-0.2, -0.15) is 0 Å². The van der Waals surface area contributed by atoms with Gasteiger partial charge in [0.05, 0.1) is 35.7 Å². The highest BCUT2D eigenvalue weighted by molar-refractivity contribution is 7.99. The summed E-state index contributed by atoms with van der Waals surface area (Å²) in [6, 6.07) is 18.8. The number of aryl methyl sites for hydroxylation is 1. The largest absolute Gasteiger partial charge is 0.510 e. The van der Waals surface area contributed by atoms with Crippen molar-refractivity contribution in [3.63, 3.8) is 0 Å². The van der Waals surface area contributed by atoms with Crippen LogP contribution in [0.15, 0.2) is 82.3 Å². The van der Waals surface area contributed by atoms with Crippen LogP contribution < -0.4 is 0 Å². The third-order valence-corrected chi connectivity index (χ3v) is 6.33. The number of aromatic amines is 1. The Labute approximate surface area is 204 Å². The summed E-state index contributed by atoms with van der Waals surface area (Å²) < 4.78 is 12.3. The van der Waals surface area contributed by atoms with Gasteiger partial charge < -0.3 is 19.2 Å². The number of carbonyl (C=O) groups is 1. The van der Waals surface area contributed by atoms with E-state index in [-0.39, 0.29) is 22.9 Å². The molecule has 0 saturated carbocycles. The molecular weight excluding hydrogens is 466 g/mol. The number of esters is 1. The minimum atomic E-state index is -0.693. The van der Waals surface area contributed by atoms with Crippen molar-refractivity contribution in [3.8, 4) is 17.1 Å². The number of nitrogens with one attached hydrogen (secondary N) is 1. The normalized spacial score (nSPS) is 12.1. The van der Waals surface area contributed by atoms with E-state index in [4.69, 9.17) is 9.15 Å². The molecule has 0 fully saturated rings. The molecule has 0 bridgehead atoms. The van der Waals surface area contributed by atoms with Crippen LogP contribution in [-0.4, -0.2) is 48.7 Å². The lowest BCUT2D eigenvalue weighted by atomic mass is 10.2. The Bertz CT molecular complexity index is 1500. The number of H-pyrrole nitrogens is 1. The standard InChI is InChI=1S/C25H21N5O4S/c1-15-17(12-13-34-15)23-28-29-25(30(23)16-8-4-3-5-9-16)35-14-20(31)21(24(32)33-2)22-26-18-10-6-7-11-19(18)27-22/h3-13,31H,14H2,1-2H3,(H,26,27)/b21-20+. The lowest BCUT2D eigenvalue weighted by Gasteiger charge is -2.10. The molecule has 176 valence electrons. The monoisotopic (exact) mass is 487 g/mol. The molecule has 5 rings (SSSR count). The van der Waals surface area contributed by atoms with Crippen LogP contribution in [0.3, 0.4) is 0 Å². The van der Waals surface area contributed by atoms with E-state index in [9.17, 15) is 9.90 Å². The fraction of sp³-hybridized carbons (Fsp3) is 0.120. The van der Waals surface area contributed by atoms with Crippen LogP contribution in [-0.2, 0) is 9.53 Å². The summed E-state index contributed by atoms with van der Waals surface area (Å²) in [5.74, 6) is 0.712. The molecule has 3 aromatic heterocycles. The van der Waals surface area contributed by atoms with Crippen molar-refractivity contribution in [1.82, 2.24) is 24.7 Å². The summed E-state index contributed by atoms with van der Waals surface area (Å²) in [4.78, 5) is 20.1. The Morgan fingerprint density at radius 1 is 1.11 bits per heavy atom. The molecule has 0 unspecified atom stereocenters. The molecule has 0 spiro atoms. The summed E-state index contributed by atoms with van der Waals surface area (Å²) in [5.41, 5.74) is 3.05. The quantitative estimate of drug-likeness (QED) is 0.143. The number of carbonyl (C=O) groups excluding carboxylic acids is 1. The van der Waals surface area contributed by atoms with Crippen LogP contribution >= 0.6 is 11.8 Å². The molecular formula is C25H21N5O4S. The van der Waals surface area contributed by atoms with E-state index in [0.29, 0.717) is 22.3 Å². The number of fused-ring (bicyclic) bond motifs is 1. The Balaban J connectivity index is 1.53. The lowest BCUT2D eigenvalue weighted by Crippen LogP contribution is -2.10. The maximum absolute atomic E-state index is 12.6. The number of thioether (sulfide) groups is 1. The van der Waals surface area contributed by atoms with Gasteiger partial charge in [0.25, 0.3) is 0 Å². The van der Waals surface area contributed by atoms with Gasteiger partial charge in [0.2, 0.25) is 0 Å². The third kappa shape index (κ3) is 4.31. The zero-order valence-corrected chi connectivity index (χ0v) is 19.7. The lowest BCUT2D eigenvalue weighted by molar-refractivity contribution is -0.133. The summed E-state index contributed by atoms with van der Waals surface area (Å²) >= 11 is 1.23. The molecule has 2 N–H and O–H groups in total. The molecule has 0 aliphatic carbocycles. The summed E-state index contributed by atoms with van der Waals surface area (Å²) in [5, 5.41) is 20.2. The fourth-order valence-corrected chi connectivity index (χ4v) is 4.52. The number of hydrogen-bond acceptors (Lipinski definition) is 8. The van der Waals surface area contributed by atoms with E-state index in [1.165, 1.54) is 18.9 Å². The fourth-order valence-electron chi connectivity index (χ4n) is 3.69. The summed E-state index contributed by atoms with van der Waals surface area (Å²) in [6.07, 6.45) is 1.60.